The van der Waals surface area contributed by atoms with Crippen LogP contribution in [0.3, 0.4) is 0 Å². The van der Waals surface area contributed by atoms with E-state index in [1.807, 2.05) is 12.1 Å². The Balaban J connectivity index is 2.51. The predicted octanol–water partition coefficient (Wildman–Crippen LogP) is 1.09. The van der Waals surface area contributed by atoms with E-state index >= 15 is 0 Å². The first kappa shape index (κ1) is 10.9. The summed E-state index contributed by atoms with van der Waals surface area (Å²) in [4.78, 5) is 3.97. The lowest BCUT2D eigenvalue weighted by atomic mass is 10.1. The molecule has 4 nitrogen and oxygen atoms in total. The molecular formula is C10H17N3O. The zero-order chi connectivity index (χ0) is 10.4. The number of rotatable bonds is 5. The molecule has 0 fully saturated rings. The fraction of sp³-hybridized carbons (Fsp3) is 0.500. The molecule has 0 amide bonds. The summed E-state index contributed by atoms with van der Waals surface area (Å²) < 4.78 is 5.35. The lowest BCUT2D eigenvalue weighted by molar-refractivity contribution is 0.121. The Hall–Kier alpha value is -1.13. The van der Waals surface area contributed by atoms with E-state index in [1.165, 1.54) is 0 Å². The van der Waals surface area contributed by atoms with Gasteiger partial charge in [-0.25, -0.2) is 4.98 Å². The molecule has 1 aromatic rings. The summed E-state index contributed by atoms with van der Waals surface area (Å²) >= 11 is 0. The molecule has 0 aliphatic rings. The molecule has 0 radical (unpaired) electrons. The molecule has 1 unspecified atom stereocenters. The van der Waals surface area contributed by atoms with Gasteiger partial charge in [-0.15, -0.1) is 0 Å². The SMILES string of the molecule is CCCOCC(N)c1cccnc1N. The lowest BCUT2D eigenvalue weighted by Gasteiger charge is -2.13. The van der Waals surface area contributed by atoms with E-state index in [2.05, 4.69) is 11.9 Å². The standard InChI is InChI=1S/C10H17N3O/c1-2-6-14-7-9(11)8-4-3-5-13-10(8)12/h3-5,9H,2,6-7,11H2,1H3,(H2,12,13). The van der Waals surface area contributed by atoms with E-state index in [0.29, 0.717) is 12.4 Å². The van der Waals surface area contributed by atoms with Crippen LogP contribution in [0.4, 0.5) is 5.82 Å². The van der Waals surface area contributed by atoms with E-state index < -0.39 is 0 Å². The van der Waals surface area contributed by atoms with Crippen molar-refractivity contribution in [3.63, 3.8) is 0 Å². The van der Waals surface area contributed by atoms with Crippen LogP contribution >= 0.6 is 0 Å². The Kier molecular flexibility index (Phi) is 4.35. The highest BCUT2D eigenvalue weighted by Gasteiger charge is 2.09. The van der Waals surface area contributed by atoms with Gasteiger partial charge in [0.1, 0.15) is 5.82 Å². The normalized spacial score (nSPS) is 12.7. The van der Waals surface area contributed by atoms with Crippen LogP contribution in [-0.4, -0.2) is 18.2 Å². The molecule has 0 bridgehead atoms. The predicted molar refractivity (Wildman–Crippen MR) is 56.7 cm³/mol. The third kappa shape index (κ3) is 2.97. The maximum atomic E-state index is 5.89. The Morgan fingerprint density at radius 3 is 3.00 bits per heavy atom. The molecule has 4 N–H and O–H groups in total. The first-order valence-corrected chi connectivity index (χ1v) is 4.79. The molecule has 1 aromatic heterocycles. The van der Waals surface area contributed by atoms with Gasteiger partial charge < -0.3 is 16.2 Å². The monoisotopic (exact) mass is 195 g/mol. The molecule has 1 atom stereocenters. The zero-order valence-electron chi connectivity index (χ0n) is 8.44. The van der Waals surface area contributed by atoms with E-state index in [0.717, 1.165) is 18.6 Å². The minimum absolute atomic E-state index is 0.185. The van der Waals surface area contributed by atoms with Gasteiger partial charge in [-0.05, 0) is 12.5 Å². The van der Waals surface area contributed by atoms with Crippen molar-refractivity contribution >= 4 is 5.82 Å². The van der Waals surface area contributed by atoms with Gasteiger partial charge in [-0.3, -0.25) is 0 Å². The number of nitrogen functional groups attached to an aromatic ring is 1. The number of ether oxygens (including phenoxy) is 1. The number of nitrogens with two attached hydrogens (primary N) is 2. The maximum absolute atomic E-state index is 5.89. The molecule has 0 aliphatic heterocycles. The van der Waals surface area contributed by atoms with Crippen LogP contribution in [0.5, 0.6) is 0 Å². The van der Waals surface area contributed by atoms with Gasteiger partial charge in [0.25, 0.3) is 0 Å². The van der Waals surface area contributed by atoms with E-state index in [9.17, 15) is 0 Å². The van der Waals surface area contributed by atoms with Gasteiger partial charge in [0, 0.05) is 18.4 Å². The molecule has 0 aromatic carbocycles. The number of anilines is 1. The lowest BCUT2D eigenvalue weighted by Crippen LogP contribution is -2.19. The molecule has 78 valence electrons. The second-order valence-corrected chi connectivity index (χ2v) is 3.16. The number of nitrogens with zero attached hydrogens (tertiary/aromatic N) is 1. The van der Waals surface area contributed by atoms with Gasteiger partial charge in [0.15, 0.2) is 0 Å². The number of hydrogen-bond acceptors (Lipinski definition) is 4. The van der Waals surface area contributed by atoms with Crippen LogP contribution in [0.25, 0.3) is 0 Å². The summed E-state index contributed by atoms with van der Waals surface area (Å²) in [5.74, 6) is 0.486. The van der Waals surface area contributed by atoms with Crippen LogP contribution in [0, 0.1) is 0 Å². The summed E-state index contributed by atoms with van der Waals surface area (Å²) in [5, 5.41) is 0. The number of hydrogen-bond donors (Lipinski definition) is 2. The molecule has 4 heteroatoms. The van der Waals surface area contributed by atoms with Crippen molar-refractivity contribution in [2.45, 2.75) is 19.4 Å². The maximum Gasteiger partial charge on any atom is 0.128 e. The van der Waals surface area contributed by atoms with Gasteiger partial charge >= 0.3 is 0 Å². The van der Waals surface area contributed by atoms with Gasteiger partial charge in [0.2, 0.25) is 0 Å². The number of aromatic nitrogens is 1. The quantitative estimate of drug-likeness (QED) is 0.690. The Morgan fingerprint density at radius 2 is 2.36 bits per heavy atom. The second-order valence-electron chi connectivity index (χ2n) is 3.16. The number of pyridine rings is 1. The summed E-state index contributed by atoms with van der Waals surface area (Å²) in [7, 11) is 0. The minimum atomic E-state index is -0.185. The summed E-state index contributed by atoms with van der Waals surface area (Å²) in [6.45, 7) is 3.28. The highest BCUT2D eigenvalue weighted by atomic mass is 16.5. The summed E-state index contributed by atoms with van der Waals surface area (Å²) in [6.07, 6.45) is 2.65. The summed E-state index contributed by atoms with van der Waals surface area (Å²) in [5.41, 5.74) is 12.4. The smallest absolute Gasteiger partial charge is 0.128 e. The van der Waals surface area contributed by atoms with Crippen LogP contribution in [0.2, 0.25) is 0 Å². The van der Waals surface area contributed by atoms with Gasteiger partial charge in [-0.2, -0.15) is 0 Å². The van der Waals surface area contributed by atoms with Crippen molar-refractivity contribution in [3.05, 3.63) is 23.9 Å². The first-order valence-electron chi connectivity index (χ1n) is 4.79. The second kappa shape index (κ2) is 5.57. The molecule has 0 spiro atoms. The van der Waals surface area contributed by atoms with E-state index in [-0.39, 0.29) is 6.04 Å². The highest BCUT2D eigenvalue weighted by Crippen LogP contribution is 2.15. The molecule has 14 heavy (non-hydrogen) atoms. The fourth-order valence-electron chi connectivity index (χ4n) is 1.19. The minimum Gasteiger partial charge on any atom is -0.383 e. The third-order valence-corrected chi connectivity index (χ3v) is 1.92. The molecule has 0 aliphatic carbocycles. The molecule has 1 rings (SSSR count). The van der Waals surface area contributed by atoms with E-state index in [4.69, 9.17) is 16.2 Å². The molecule has 1 heterocycles. The van der Waals surface area contributed by atoms with Crippen molar-refractivity contribution in [1.82, 2.24) is 4.98 Å². The average Bonchev–Trinajstić information content (AvgIpc) is 2.18. The molecule has 0 saturated heterocycles. The average molecular weight is 195 g/mol. The Bertz CT molecular complexity index is 278. The first-order chi connectivity index (χ1) is 6.75. The van der Waals surface area contributed by atoms with Gasteiger partial charge in [-0.1, -0.05) is 13.0 Å². The zero-order valence-corrected chi connectivity index (χ0v) is 8.44. The largest absolute Gasteiger partial charge is 0.383 e. The van der Waals surface area contributed by atoms with Gasteiger partial charge in [0.05, 0.1) is 12.6 Å². The van der Waals surface area contributed by atoms with Crippen molar-refractivity contribution in [2.75, 3.05) is 18.9 Å². The molecular weight excluding hydrogens is 178 g/mol. The van der Waals surface area contributed by atoms with Crippen molar-refractivity contribution in [3.8, 4) is 0 Å². The van der Waals surface area contributed by atoms with Crippen LogP contribution in [0.15, 0.2) is 18.3 Å². The van der Waals surface area contributed by atoms with Crippen molar-refractivity contribution < 1.29 is 4.74 Å². The fourth-order valence-corrected chi connectivity index (χ4v) is 1.19. The Morgan fingerprint density at radius 1 is 1.57 bits per heavy atom. The van der Waals surface area contributed by atoms with E-state index in [1.54, 1.807) is 6.20 Å². The highest BCUT2D eigenvalue weighted by molar-refractivity contribution is 5.40. The van der Waals surface area contributed by atoms with Crippen molar-refractivity contribution in [1.29, 1.82) is 0 Å². The van der Waals surface area contributed by atoms with Crippen molar-refractivity contribution in [2.24, 2.45) is 5.73 Å². The molecule has 0 saturated carbocycles. The topological polar surface area (TPSA) is 74.2 Å². The van der Waals surface area contributed by atoms with Crippen LogP contribution in [-0.2, 0) is 4.74 Å². The van der Waals surface area contributed by atoms with Crippen LogP contribution in [0.1, 0.15) is 24.9 Å². The summed E-state index contributed by atoms with van der Waals surface area (Å²) in [6, 6.07) is 3.52. The van der Waals surface area contributed by atoms with Crippen LogP contribution < -0.4 is 11.5 Å². The third-order valence-electron chi connectivity index (χ3n) is 1.92. The Labute approximate surface area is 84.3 Å².